The molecule has 0 radical (unpaired) electrons. The van der Waals surface area contributed by atoms with Gasteiger partial charge in [0.2, 0.25) is 0 Å². The summed E-state index contributed by atoms with van der Waals surface area (Å²) in [5.41, 5.74) is 3.32. The lowest BCUT2D eigenvalue weighted by Crippen LogP contribution is -2.47. The lowest BCUT2D eigenvalue weighted by atomic mass is 9.93. The van der Waals surface area contributed by atoms with Gasteiger partial charge in [0.25, 0.3) is 5.91 Å². The third kappa shape index (κ3) is 3.29. The normalized spacial score (nSPS) is 20.5. The van der Waals surface area contributed by atoms with Crippen LogP contribution in [0.5, 0.6) is 0 Å². The molecule has 1 aromatic carbocycles. The number of piperidine rings is 1. The number of amides is 1. The number of aryl methyl sites for hydroxylation is 1. The van der Waals surface area contributed by atoms with Crippen LogP contribution in [0.3, 0.4) is 0 Å². The first-order chi connectivity index (χ1) is 11.9. The predicted octanol–water partition coefficient (Wildman–Crippen LogP) is 2.81. The van der Waals surface area contributed by atoms with Gasteiger partial charge >= 0.3 is 5.97 Å². The highest BCUT2D eigenvalue weighted by Crippen LogP contribution is 2.25. The van der Waals surface area contributed by atoms with Crippen LogP contribution < -0.4 is 0 Å². The number of rotatable bonds is 3. The zero-order valence-corrected chi connectivity index (χ0v) is 14.8. The molecule has 132 valence electrons. The topological polar surface area (TPSA) is 75.4 Å². The van der Waals surface area contributed by atoms with E-state index in [1.807, 2.05) is 45.0 Å². The third-order valence-corrected chi connectivity index (χ3v) is 4.98. The Balaban J connectivity index is 1.89. The maximum absolute atomic E-state index is 13.0. The first-order valence-corrected chi connectivity index (χ1v) is 8.54. The van der Waals surface area contributed by atoms with Crippen molar-refractivity contribution in [3.63, 3.8) is 0 Å². The summed E-state index contributed by atoms with van der Waals surface area (Å²) < 4.78 is 1.75. The number of carbonyl (C=O) groups is 2. The molecule has 2 unspecified atom stereocenters. The van der Waals surface area contributed by atoms with E-state index in [0.717, 1.165) is 16.9 Å². The SMILES string of the molecule is Cc1cccc(-n2ncc(C(=O)N3CC(C(=O)O)CCC3C)c2C)c1. The molecular formula is C19H23N3O3. The monoisotopic (exact) mass is 341 g/mol. The Morgan fingerprint density at radius 1 is 1.24 bits per heavy atom. The van der Waals surface area contributed by atoms with E-state index < -0.39 is 11.9 Å². The van der Waals surface area contributed by atoms with Gasteiger partial charge in [-0.15, -0.1) is 0 Å². The zero-order valence-electron chi connectivity index (χ0n) is 14.8. The second-order valence-electron chi connectivity index (χ2n) is 6.81. The molecule has 0 saturated carbocycles. The summed E-state index contributed by atoms with van der Waals surface area (Å²) in [5, 5.41) is 13.6. The van der Waals surface area contributed by atoms with Gasteiger partial charge in [0.1, 0.15) is 0 Å². The molecule has 0 spiro atoms. The van der Waals surface area contributed by atoms with Crippen LogP contribution in [-0.4, -0.2) is 44.3 Å². The van der Waals surface area contributed by atoms with Gasteiger partial charge < -0.3 is 10.0 Å². The van der Waals surface area contributed by atoms with Gasteiger partial charge in [0.15, 0.2) is 0 Å². The maximum atomic E-state index is 13.0. The van der Waals surface area contributed by atoms with Crippen molar-refractivity contribution in [2.45, 2.75) is 39.7 Å². The molecule has 1 amide bonds. The van der Waals surface area contributed by atoms with E-state index in [0.29, 0.717) is 18.4 Å². The van der Waals surface area contributed by atoms with E-state index in [1.54, 1.807) is 15.8 Å². The molecule has 1 aliphatic rings. The number of likely N-dealkylation sites (tertiary alicyclic amines) is 1. The summed E-state index contributed by atoms with van der Waals surface area (Å²) in [7, 11) is 0. The average molecular weight is 341 g/mol. The molecule has 6 heteroatoms. The molecule has 2 atom stereocenters. The Labute approximate surface area is 147 Å². The number of carboxylic acid groups (broad SMARTS) is 1. The first-order valence-electron chi connectivity index (χ1n) is 8.54. The Bertz CT molecular complexity index is 812. The van der Waals surface area contributed by atoms with Crippen LogP contribution in [0.4, 0.5) is 0 Å². The second kappa shape index (κ2) is 6.70. The van der Waals surface area contributed by atoms with Gasteiger partial charge in [-0.3, -0.25) is 9.59 Å². The molecule has 1 saturated heterocycles. The number of hydrogen-bond acceptors (Lipinski definition) is 3. The van der Waals surface area contributed by atoms with Crippen LogP contribution in [0.25, 0.3) is 5.69 Å². The number of aliphatic carboxylic acids is 1. The average Bonchev–Trinajstić information content (AvgIpc) is 2.96. The summed E-state index contributed by atoms with van der Waals surface area (Å²) >= 11 is 0. The number of aromatic nitrogens is 2. The number of carboxylic acids is 1. The van der Waals surface area contributed by atoms with Gasteiger partial charge in [-0.1, -0.05) is 12.1 Å². The van der Waals surface area contributed by atoms with Gasteiger partial charge in [0.05, 0.1) is 29.1 Å². The fraction of sp³-hybridized carbons (Fsp3) is 0.421. The van der Waals surface area contributed by atoms with Gasteiger partial charge in [-0.2, -0.15) is 5.10 Å². The van der Waals surface area contributed by atoms with Crippen LogP contribution in [0, 0.1) is 19.8 Å². The Kier molecular flexibility index (Phi) is 4.61. The van der Waals surface area contributed by atoms with E-state index in [2.05, 4.69) is 5.10 Å². The Morgan fingerprint density at radius 2 is 2.00 bits per heavy atom. The minimum Gasteiger partial charge on any atom is -0.481 e. The lowest BCUT2D eigenvalue weighted by Gasteiger charge is -2.36. The zero-order chi connectivity index (χ0) is 18.1. The molecule has 3 rings (SSSR count). The molecule has 6 nitrogen and oxygen atoms in total. The summed E-state index contributed by atoms with van der Waals surface area (Å²) in [6, 6.07) is 7.96. The summed E-state index contributed by atoms with van der Waals surface area (Å²) in [4.78, 5) is 26.0. The molecule has 2 heterocycles. The highest BCUT2D eigenvalue weighted by atomic mass is 16.4. The summed E-state index contributed by atoms with van der Waals surface area (Å²) in [6.45, 7) is 6.10. The molecule has 1 fully saturated rings. The van der Waals surface area contributed by atoms with Gasteiger partial charge in [-0.25, -0.2) is 4.68 Å². The molecular weight excluding hydrogens is 318 g/mol. The number of hydrogen-bond donors (Lipinski definition) is 1. The predicted molar refractivity (Wildman–Crippen MR) is 93.9 cm³/mol. The van der Waals surface area contributed by atoms with Crippen molar-refractivity contribution >= 4 is 11.9 Å². The van der Waals surface area contributed by atoms with E-state index in [9.17, 15) is 14.7 Å². The van der Waals surface area contributed by atoms with Crippen molar-refractivity contribution in [3.05, 3.63) is 47.3 Å². The largest absolute Gasteiger partial charge is 0.481 e. The smallest absolute Gasteiger partial charge is 0.308 e. The molecule has 0 aliphatic carbocycles. The van der Waals surface area contributed by atoms with Gasteiger partial charge in [-0.05, 0) is 51.3 Å². The lowest BCUT2D eigenvalue weighted by molar-refractivity contribution is -0.143. The quantitative estimate of drug-likeness (QED) is 0.931. The van der Waals surface area contributed by atoms with Gasteiger partial charge in [0, 0.05) is 12.6 Å². The summed E-state index contributed by atoms with van der Waals surface area (Å²) in [5.74, 6) is -1.47. The van der Waals surface area contributed by atoms with Crippen LogP contribution in [0.15, 0.2) is 30.5 Å². The maximum Gasteiger partial charge on any atom is 0.308 e. The van der Waals surface area contributed by atoms with Crippen molar-refractivity contribution in [2.24, 2.45) is 5.92 Å². The molecule has 2 aromatic rings. The van der Waals surface area contributed by atoms with Crippen molar-refractivity contribution < 1.29 is 14.7 Å². The standard InChI is InChI=1S/C19H23N3O3/c1-12-5-4-6-16(9-12)22-14(3)17(10-20-22)18(23)21-11-15(19(24)25)8-7-13(21)2/h4-6,9-10,13,15H,7-8,11H2,1-3H3,(H,24,25). The van der Waals surface area contributed by atoms with Crippen molar-refractivity contribution in [2.75, 3.05) is 6.54 Å². The molecule has 25 heavy (non-hydrogen) atoms. The number of nitrogens with zero attached hydrogens (tertiary/aromatic N) is 3. The Morgan fingerprint density at radius 3 is 2.68 bits per heavy atom. The van der Waals surface area contributed by atoms with Crippen molar-refractivity contribution in [1.82, 2.24) is 14.7 Å². The van der Waals surface area contributed by atoms with Crippen LogP contribution in [0.1, 0.15) is 41.4 Å². The van der Waals surface area contributed by atoms with Crippen LogP contribution in [0.2, 0.25) is 0 Å². The van der Waals surface area contributed by atoms with Crippen LogP contribution in [-0.2, 0) is 4.79 Å². The minimum atomic E-state index is -0.836. The fourth-order valence-corrected chi connectivity index (χ4v) is 3.39. The van der Waals surface area contributed by atoms with E-state index in [-0.39, 0.29) is 18.5 Å². The summed E-state index contributed by atoms with van der Waals surface area (Å²) in [6.07, 6.45) is 2.90. The van der Waals surface area contributed by atoms with Crippen molar-refractivity contribution in [1.29, 1.82) is 0 Å². The van der Waals surface area contributed by atoms with E-state index in [4.69, 9.17) is 0 Å². The first kappa shape index (κ1) is 17.2. The minimum absolute atomic E-state index is 0.0322. The van der Waals surface area contributed by atoms with E-state index >= 15 is 0 Å². The Hall–Kier alpha value is -2.63. The van der Waals surface area contributed by atoms with Crippen molar-refractivity contribution in [3.8, 4) is 5.69 Å². The fourth-order valence-electron chi connectivity index (χ4n) is 3.39. The third-order valence-electron chi connectivity index (χ3n) is 4.98. The second-order valence-corrected chi connectivity index (χ2v) is 6.81. The molecule has 0 bridgehead atoms. The number of carbonyl (C=O) groups excluding carboxylic acids is 1. The molecule has 1 N–H and O–H groups in total. The highest BCUT2D eigenvalue weighted by Gasteiger charge is 2.34. The number of benzene rings is 1. The molecule has 1 aromatic heterocycles. The van der Waals surface area contributed by atoms with E-state index in [1.165, 1.54) is 0 Å². The van der Waals surface area contributed by atoms with Crippen LogP contribution >= 0.6 is 0 Å². The highest BCUT2D eigenvalue weighted by molar-refractivity contribution is 5.95. The molecule has 1 aliphatic heterocycles.